The predicted molar refractivity (Wildman–Crippen MR) is 83.6 cm³/mol. The molecule has 0 radical (unpaired) electrons. The number of hydrogen-bond acceptors (Lipinski definition) is 2. The molecule has 4 nitrogen and oxygen atoms in total. The van der Waals surface area contributed by atoms with Gasteiger partial charge in [-0.2, -0.15) is 0 Å². The number of nitrogens with two attached hydrogens (primary N) is 1. The number of carbonyl (C=O) groups excluding carboxylic acids is 1. The molecule has 0 saturated heterocycles. The molecule has 0 aliphatic carbocycles. The molecule has 1 aromatic carbocycles. The monoisotopic (exact) mass is 277 g/mol. The summed E-state index contributed by atoms with van der Waals surface area (Å²) in [5.74, 6) is -0.476. The van der Waals surface area contributed by atoms with Crippen LogP contribution in [-0.4, -0.2) is 15.3 Å². The van der Waals surface area contributed by atoms with E-state index in [9.17, 15) is 4.79 Å². The van der Waals surface area contributed by atoms with Gasteiger partial charge in [0.05, 0.1) is 11.4 Å². The largest absolute Gasteiger partial charge is 0.366 e. The smallest absolute Gasteiger partial charge is 0.241 e. The third-order valence-electron chi connectivity index (χ3n) is 3.30. The highest BCUT2D eigenvalue weighted by atomic mass is 16.1. The van der Waals surface area contributed by atoms with Gasteiger partial charge in [-0.05, 0) is 25.1 Å². The molecule has 3 rings (SSSR count). The van der Waals surface area contributed by atoms with Gasteiger partial charge in [0.1, 0.15) is 5.65 Å². The maximum Gasteiger partial charge on any atom is 0.241 e. The van der Waals surface area contributed by atoms with E-state index < -0.39 is 5.91 Å². The van der Waals surface area contributed by atoms with Crippen molar-refractivity contribution < 1.29 is 4.79 Å². The number of rotatable bonds is 3. The average Bonchev–Trinajstić information content (AvgIpc) is 2.84. The second kappa shape index (κ2) is 5.25. The lowest BCUT2D eigenvalue weighted by atomic mass is 10.1. The van der Waals surface area contributed by atoms with E-state index in [4.69, 9.17) is 5.73 Å². The van der Waals surface area contributed by atoms with Gasteiger partial charge in [0.25, 0.3) is 0 Å². The van der Waals surface area contributed by atoms with Gasteiger partial charge in [0.15, 0.2) is 0 Å². The van der Waals surface area contributed by atoms with Crippen molar-refractivity contribution in [1.29, 1.82) is 0 Å². The quantitative estimate of drug-likeness (QED) is 0.748. The summed E-state index contributed by atoms with van der Waals surface area (Å²) < 4.78 is 1.94. The third kappa shape index (κ3) is 2.56. The summed E-state index contributed by atoms with van der Waals surface area (Å²) >= 11 is 0. The SMILES string of the molecule is Cc1ccc(-c2nc3ccccn3c2/C=C/C(N)=O)cc1. The molecule has 104 valence electrons. The molecule has 0 aliphatic rings. The van der Waals surface area contributed by atoms with Crippen LogP contribution < -0.4 is 5.73 Å². The first-order valence-electron chi connectivity index (χ1n) is 6.67. The Morgan fingerprint density at radius 2 is 1.95 bits per heavy atom. The molecular weight excluding hydrogens is 262 g/mol. The number of aromatic nitrogens is 2. The van der Waals surface area contributed by atoms with Crippen LogP contribution in [0.5, 0.6) is 0 Å². The van der Waals surface area contributed by atoms with E-state index in [0.717, 1.165) is 22.6 Å². The molecule has 2 N–H and O–H groups in total. The zero-order valence-electron chi connectivity index (χ0n) is 11.7. The maximum atomic E-state index is 11.0. The topological polar surface area (TPSA) is 60.4 Å². The number of nitrogens with zero attached hydrogens (tertiary/aromatic N) is 2. The number of amides is 1. The molecule has 0 atom stereocenters. The highest BCUT2D eigenvalue weighted by molar-refractivity contribution is 5.91. The molecule has 2 aromatic heterocycles. The summed E-state index contributed by atoms with van der Waals surface area (Å²) in [5.41, 5.74) is 9.91. The molecule has 0 unspecified atom stereocenters. The number of aryl methyl sites for hydroxylation is 1. The van der Waals surface area contributed by atoms with Crippen LogP contribution >= 0.6 is 0 Å². The zero-order valence-corrected chi connectivity index (χ0v) is 11.7. The first-order valence-corrected chi connectivity index (χ1v) is 6.67. The number of imidazole rings is 1. The molecule has 21 heavy (non-hydrogen) atoms. The van der Waals surface area contributed by atoms with Crippen LogP contribution in [-0.2, 0) is 4.79 Å². The minimum absolute atomic E-state index is 0.476. The molecule has 2 heterocycles. The van der Waals surface area contributed by atoms with Crippen LogP contribution in [0.4, 0.5) is 0 Å². The molecule has 0 aliphatic heterocycles. The molecule has 3 aromatic rings. The van der Waals surface area contributed by atoms with Gasteiger partial charge in [-0.15, -0.1) is 0 Å². The van der Waals surface area contributed by atoms with Crippen molar-refractivity contribution >= 4 is 17.6 Å². The first-order chi connectivity index (χ1) is 10.1. The average molecular weight is 277 g/mol. The van der Waals surface area contributed by atoms with Crippen LogP contribution in [0.15, 0.2) is 54.7 Å². The Bertz CT molecular complexity index is 829. The van der Waals surface area contributed by atoms with Gasteiger partial charge in [-0.3, -0.25) is 9.20 Å². The lowest BCUT2D eigenvalue weighted by molar-refractivity contribution is -0.113. The van der Waals surface area contributed by atoms with Crippen LogP contribution in [0.25, 0.3) is 23.0 Å². The molecule has 0 saturated carbocycles. The van der Waals surface area contributed by atoms with Crippen LogP contribution in [0.3, 0.4) is 0 Å². The van der Waals surface area contributed by atoms with Crippen molar-refractivity contribution in [2.45, 2.75) is 6.92 Å². The molecule has 0 fully saturated rings. The van der Waals surface area contributed by atoms with E-state index >= 15 is 0 Å². The second-order valence-electron chi connectivity index (χ2n) is 4.88. The van der Waals surface area contributed by atoms with Gasteiger partial charge < -0.3 is 5.73 Å². The van der Waals surface area contributed by atoms with E-state index in [2.05, 4.69) is 4.98 Å². The van der Waals surface area contributed by atoms with Gasteiger partial charge in [-0.25, -0.2) is 4.98 Å². The van der Waals surface area contributed by atoms with Crippen molar-refractivity contribution in [3.63, 3.8) is 0 Å². The molecule has 0 spiro atoms. The second-order valence-corrected chi connectivity index (χ2v) is 4.88. The summed E-state index contributed by atoms with van der Waals surface area (Å²) in [6.07, 6.45) is 4.98. The fraction of sp³-hybridized carbons (Fsp3) is 0.0588. The normalized spacial score (nSPS) is 11.3. The van der Waals surface area contributed by atoms with E-state index in [-0.39, 0.29) is 0 Å². The van der Waals surface area contributed by atoms with Gasteiger partial charge >= 0.3 is 0 Å². The summed E-state index contributed by atoms with van der Waals surface area (Å²) in [5, 5.41) is 0. The fourth-order valence-electron chi connectivity index (χ4n) is 2.26. The Hall–Kier alpha value is -2.88. The van der Waals surface area contributed by atoms with Crippen LogP contribution in [0.2, 0.25) is 0 Å². The Balaban J connectivity index is 2.23. The predicted octanol–water partition coefficient (Wildman–Crippen LogP) is 2.81. The van der Waals surface area contributed by atoms with Gasteiger partial charge in [0, 0.05) is 17.8 Å². The number of fused-ring (bicyclic) bond motifs is 1. The number of hydrogen-bond donors (Lipinski definition) is 1. The van der Waals surface area contributed by atoms with Crippen molar-refractivity contribution in [3.8, 4) is 11.3 Å². The van der Waals surface area contributed by atoms with Crippen molar-refractivity contribution in [1.82, 2.24) is 9.38 Å². The van der Waals surface area contributed by atoms with E-state index in [1.807, 2.05) is 60.0 Å². The van der Waals surface area contributed by atoms with Crippen LogP contribution in [0, 0.1) is 6.92 Å². The highest BCUT2D eigenvalue weighted by Crippen LogP contribution is 2.25. The molecule has 0 bridgehead atoms. The minimum Gasteiger partial charge on any atom is -0.366 e. The lowest BCUT2D eigenvalue weighted by Gasteiger charge is -2.01. The lowest BCUT2D eigenvalue weighted by Crippen LogP contribution is -2.05. The zero-order chi connectivity index (χ0) is 14.8. The highest BCUT2D eigenvalue weighted by Gasteiger charge is 2.11. The first kappa shape index (κ1) is 13.1. The Labute approximate surface area is 122 Å². The van der Waals surface area contributed by atoms with E-state index in [1.54, 1.807) is 6.08 Å². The number of benzene rings is 1. The van der Waals surface area contributed by atoms with Crippen LogP contribution in [0.1, 0.15) is 11.3 Å². The minimum atomic E-state index is -0.476. The standard InChI is InChI=1S/C17H15N3O/c1-12-5-7-13(8-6-12)17-14(9-10-15(18)21)20-11-3-2-4-16(20)19-17/h2-11H,1H3,(H2,18,21)/b10-9+. The van der Waals surface area contributed by atoms with Gasteiger partial charge in [-0.1, -0.05) is 35.9 Å². The summed E-state index contributed by atoms with van der Waals surface area (Å²) in [4.78, 5) is 15.7. The molecule has 4 heteroatoms. The maximum absolute atomic E-state index is 11.0. The van der Waals surface area contributed by atoms with Crippen molar-refractivity contribution in [2.24, 2.45) is 5.73 Å². The Kier molecular flexibility index (Phi) is 3.28. The summed E-state index contributed by atoms with van der Waals surface area (Å²) in [6.45, 7) is 2.04. The van der Waals surface area contributed by atoms with Gasteiger partial charge in [0.2, 0.25) is 5.91 Å². The van der Waals surface area contributed by atoms with Crippen molar-refractivity contribution in [2.75, 3.05) is 0 Å². The Morgan fingerprint density at radius 3 is 2.67 bits per heavy atom. The molecule has 1 amide bonds. The van der Waals surface area contributed by atoms with Crippen molar-refractivity contribution in [3.05, 3.63) is 66.0 Å². The van der Waals surface area contributed by atoms with E-state index in [0.29, 0.717) is 0 Å². The van der Waals surface area contributed by atoms with E-state index in [1.165, 1.54) is 11.6 Å². The number of carbonyl (C=O) groups is 1. The summed E-state index contributed by atoms with van der Waals surface area (Å²) in [6, 6.07) is 13.9. The molecular formula is C17H15N3O. The summed E-state index contributed by atoms with van der Waals surface area (Å²) in [7, 11) is 0. The third-order valence-corrected chi connectivity index (χ3v) is 3.30. The fourth-order valence-corrected chi connectivity index (χ4v) is 2.26. The Morgan fingerprint density at radius 1 is 1.19 bits per heavy atom. The number of pyridine rings is 1. The number of primary amides is 1.